The number of fused-ring (bicyclic) bond motifs is 1. The molecule has 7 nitrogen and oxygen atoms in total. The molecule has 0 aliphatic carbocycles. The molecule has 27 heavy (non-hydrogen) atoms. The van der Waals surface area contributed by atoms with Crippen LogP contribution in [-0.4, -0.2) is 57.4 Å². The normalized spacial score (nSPS) is 18.5. The van der Waals surface area contributed by atoms with Gasteiger partial charge in [0, 0.05) is 37.4 Å². The lowest BCUT2D eigenvalue weighted by Gasteiger charge is -2.42. The van der Waals surface area contributed by atoms with E-state index in [1.165, 1.54) is 9.80 Å². The van der Waals surface area contributed by atoms with Gasteiger partial charge in [0.05, 0.1) is 11.1 Å². The second-order valence-corrected chi connectivity index (χ2v) is 7.03. The number of rotatable bonds is 3. The van der Waals surface area contributed by atoms with Crippen LogP contribution >= 0.6 is 0 Å². The summed E-state index contributed by atoms with van der Waals surface area (Å²) in [5, 5.41) is 9.26. The fourth-order valence-corrected chi connectivity index (χ4v) is 4.03. The Kier molecular flexibility index (Phi) is 4.14. The third-order valence-electron chi connectivity index (χ3n) is 5.60. The van der Waals surface area contributed by atoms with Crippen molar-refractivity contribution in [2.45, 2.75) is 18.3 Å². The summed E-state index contributed by atoms with van der Waals surface area (Å²) in [4.78, 5) is 43.8. The number of amides is 3. The lowest BCUT2D eigenvalue weighted by Crippen LogP contribution is -2.51. The van der Waals surface area contributed by atoms with E-state index in [1.54, 1.807) is 36.7 Å². The number of benzene rings is 1. The van der Waals surface area contributed by atoms with Gasteiger partial charge in [-0.15, -0.1) is 0 Å². The first-order valence-electron chi connectivity index (χ1n) is 8.85. The monoisotopic (exact) mass is 365 g/mol. The van der Waals surface area contributed by atoms with Gasteiger partial charge < -0.3 is 10.0 Å². The maximum atomic E-state index is 12.8. The summed E-state index contributed by atoms with van der Waals surface area (Å²) in [5.41, 5.74) is 1.26. The molecule has 7 heteroatoms. The van der Waals surface area contributed by atoms with Gasteiger partial charge in [0.25, 0.3) is 11.8 Å². The molecular formula is C20H19N3O4. The van der Waals surface area contributed by atoms with Gasteiger partial charge in [-0.05, 0) is 36.6 Å². The zero-order valence-electron chi connectivity index (χ0n) is 14.7. The number of hydrogen-bond acceptors (Lipinski definition) is 4. The van der Waals surface area contributed by atoms with E-state index in [2.05, 4.69) is 4.98 Å². The van der Waals surface area contributed by atoms with E-state index < -0.39 is 11.5 Å². The molecule has 1 aromatic heterocycles. The Bertz CT molecular complexity index is 869. The van der Waals surface area contributed by atoms with Crippen LogP contribution in [0, 0.1) is 0 Å². The second kappa shape index (κ2) is 6.50. The maximum Gasteiger partial charge on any atom is 0.407 e. The van der Waals surface area contributed by atoms with Crippen molar-refractivity contribution < 1.29 is 19.5 Å². The van der Waals surface area contributed by atoms with Gasteiger partial charge in [-0.3, -0.25) is 19.5 Å². The third-order valence-corrected chi connectivity index (χ3v) is 5.60. The van der Waals surface area contributed by atoms with Gasteiger partial charge in [0.1, 0.15) is 0 Å². The first kappa shape index (κ1) is 17.2. The molecule has 1 fully saturated rings. The van der Waals surface area contributed by atoms with Crippen LogP contribution in [0.4, 0.5) is 4.79 Å². The number of piperidine rings is 1. The van der Waals surface area contributed by atoms with Crippen LogP contribution < -0.4 is 0 Å². The summed E-state index contributed by atoms with van der Waals surface area (Å²) >= 11 is 0. The highest BCUT2D eigenvalue weighted by molar-refractivity contribution is 6.21. The SMILES string of the molecule is O=C(O)N1CCC(CN2C(=O)c3ccccc3C2=O)(c2cccnc2)CC1. The van der Waals surface area contributed by atoms with E-state index in [4.69, 9.17) is 0 Å². The molecular weight excluding hydrogens is 346 g/mol. The van der Waals surface area contributed by atoms with Crippen molar-refractivity contribution in [1.82, 2.24) is 14.8 Å². The molecule has 138 valence electrons. The molecule has 0 saturated carbocycles. The number of likely N-dealkylation sites (tertiary alicyclic amines) is 1. The number of aromatic nitrogens is 1. The average molecular weight is 365 g/mol. The highest BCUT2D eigenvalue weighted by Gasteiger charge is 2.44. The van der Waals surface area contributed by atoms with E-state index in [-0.39, 0.29) is 18.4 Å². The number of carbonyl (C=O) groups is 3. The molecule has 3 amide bonds. The van der Waals surface area contributed by atoms with Crippen molar-refractivity contribution >= 4 is 17.9 Å². The van der Waals surface area contributed by atoms with E-state index in [9.17, 15) is 19.5 Å². The van der Waals surface area contributed by atoms with Crippen molar-refractivity contribution in [2.75, 3.05) is 19.6 Å². The molecule has 3 heterocycles. The second-order valence-electron chi connectivity index (χ2n) is 7.03. The largest absolute Gasteiger partial charge is 0.465 e. The summed E-state index contributed by atoms with van der Waals surface area (Å²) < 4.78 is 0. The summed E-state index contributed by atoms with van der Waals surface area (Å²) in [6.07, 6.45) is 3.52. The minimum Gasteiger partial charge on any atom is -0.465 e. The molecule has 0 atom stereocenters. The average Bonchev–Trinajstić information content (AvgIpc) is 2.94. The van der Waals surface area contributed by atoms with Crippen LogP contribution in [0.5, 0.6) is 0 Å². The lowest BCUT2D eigenvalue weighted by molar-refractivity contribution is 0.0555. The minimum atomic E-state index is -0.949. The molecule has 1 aromatic carbocycles. The Morgan fingerprint density at radius 3 is 2.19 bits per heavy atom. The summed E-state index contributed by atoms with van der Waals surface area (Å²) in [7, 11) is 0. The minimum absolute atomic E-state index is 0.221. The van der Waals surface area contributed by atoms with Crippen LogP contribution in [0.1, 0.15) is 39.1 Å². The fraction of sp³-hybridized carbons (Fsp3) is 0.300. The number of carbonyl (C=O) groups excluding carboxylic acids is 2. The molecule has 0 unspecified atom stereocenters. The van der Waals surface area contributed by atoms with Crippen LogP contribution in [-0.2, 0) is 5.41 Å². The quantitative estimate of drug-likeness (QED) is 0.844. The van der Waals surface area contributed by atoms with E-state index in [0.29, 0.717) is 37.1 Å². The highest BCUT2D eigenvalue weighted by Crippen LogP contribution is 2.38. The molecule has 4 rings (SSSR count). The maximum absolute atomic E-state index is 12.8. The Labute approximate surface area is 156 Å². The number of carboxylic acid groups (broad SMARTS) is 1. The van der Waals surface area contributed by atoms with Gasteiger partial charge in [0.2, 0.25) is 0 Å². The zero-order valence-corrected chi connectivity index (χ0v) is 14.7. The standard InChI is InChI=1S/C20H19N3O4/c24-17-15-5-1-2-6-16(15)18(25)23(17)13-20(14-4-3-9-21-12-14)7-10-22(11-8-20)19(26)27/h1-6,9,12H,7-8,10-11,13H2,(H,26,27). The Morgan fingerprint density at radius 2 is 1.67 bits per heavy atom. The van der Waals surface area contributed by atoms with Gasteiger partial charge in [-0.1, -0.05) is 18.2 Å². The molecule has 1 N–H and O–H groups in total. The van der Waals surface area contributed by atoms with Crippen LogP contribution in [0.25, 0.3) is 0 Å². The number of nitrogens with zero attached hydrogens (tertiary/aromatic N) is 3. The molecule has 2 aromatic rings. The van der Waals surface area contributed by atoms with Crippen molar-refractivity contribution in [3.05, 3.63) is 65.5 Å². The van der Waals surface area contributed by atoms with Gasteiger partial charge in [-0.25, -0.2) is 4.79 Å². The molecule has 0 spiro atoms. The lowest BCUT2D eigenvalue weighted by atomic mass is 9.73. The third kappa shape index (κ3) is 2.85. The molecule has 2 aliphatic heterocycles. The van der Waals surface area contributed by atoms with Crippen molar-refractivity contribution in [2.24, 2.45) is 0 Å². The van der Waals surface area contributed by atoms with E-state index >= 15 is 0 Å². The molecule has 1 saturated heterocycles. The summed E-state index contributed by atoms with van der Waals surface area (Å²) in [6, 6.07) is 10.6. The summed E-state index contributed by atoms with van der Waals surface area (Å²) in [6.45, 7) is 0.930. The van der Waals surface area contributed by atoms with Crippen LogP contribution in [0.15, 0.2) is 48.8 Å². The molecule has 0 radical (unpaired) electrons. The smallest absolute Gasteiger partial charge is 0.407 e. The highest BCUT2D eigenvalue weighted by atomic mass is 16.4. The van der Waals surface area contributed by atoms with Crippen molar-refractivity contribution in [3.63, 3.8) is 0 Å². The predicted molar refractivity (Wildman–Crippen MR) is 96.6 cm³/mol. The number of hydrogen-bond donors (Lipinski definition) is 1. The van der Waals surface area contributed by atoms with E-state index in [0.717, 1.165) is 5.56 Å². The van der Waals surface area contributed by atoms with E-state index in [1.807, 2.05) is 12.1 Å². The van der Waals surface area contributed by atoms with Crippen molar-refractivity contribution in [3.8, 4) is 0 Å². The van der Waals surface area contributed by atoms with Crippen LogP contribution in [0.2, 0.25) is 0 Å². The zero-order chi connectivity index (χ0) is 19.0. The first-order valence-corrected chi connectivity index (χ1v) is 8.85. The Hall–Kier alpha value is -3.22. The van der Waals surface area contributed by atoms with Gasteiger partial charge in [-0.2, -0.15) is 0 Å². The Balaban J connectivity index is 1.67. The molecule has 2 aliphatic rings. The topological polar surface area (TPSA) is 90.8 Å². The molecule has 0 bridgehead atoms. The number of pyridine rings is 1. The van der Waals surface area contributed by atoms with Crippen molar-refractivity contribution in [1.29, 1.82) is 0 Å². The van der Waals surface area contributed by atoms with Gasteiger partial charge in [0.15, 0.2) is 0 Å². The summed E-state index contributed by atoms with van der Waals surface area (Å²) in [5.74, 6) is -0.584. The van der Waals surface area contributed by atoms with Gasteiger partial charge >= 0.3 is 6.09 Å². The Morgan fingerprint density at radius 1 is 1.04 bits per heavy atom. The van der Waals surface area contributed by atoms with Crippen LogP contribution in [0.3, 0.4) is 0 Å². The predicted octanol–water partition coefficient (Wildman–Crippen LogP) is 2.39. The number of imide groups is 1. The first-order chi connectivity index (χ1) is 13.0. The fourth-order valence-electron chi connectivity index (χ4n) is 4.03.